The van der Waals surface area contributed by atoms with Gasteiger partial charge in [-0.25, -0.2) is 0 Å². The van der Waals surface area contributed by atoms with Gasteiger partial charge in [0.2, 0.25) is 0 Å². The molecule has 0 aromatic heterocycles. The maximum atomic E-state index is 6.33. The fourth-order valence-corrected chi connectivity index (χ4v) is 4.19. The lowest BCUT2D eigenvalue weighted by Gasteiger charge is -2.18. The minimum Gasteiger partial charge on any atom is -0.494 e. The van der Waals surface area contributed by atoms with Crippen LogP contribution in [0.5, 0.6) is 23.0 Å². The SMILES string of the molecule is C=C/C=C/CCCOc1ccc(OCCC/C=C/C=C)c(-c2cc(OCCC/C=C/C=C)ccc2OCCC/C=C/C=C)c1. The molecule has 0 spiro atoms. The van der Waals surface area contributed by atoms with Crippen LogP contribution in [-0.4, -0.2) is 26.4 Å². The first-order chi connectivity index (χ1) is 21.7. The smallest absolute Gasteiger partial charge is 0.127 e. The summed E-state index contributed by atoms with van der Waals surface area (Å²) in [7, 11) is 0. The zero-order valence-electron chi connectivity index (χ0n) is 26.3. The molecule has 2 aromatic carbocycles. The largest absolute Gasteiger partial charge is 0.494 e. The first kappa shape index (κ1) is 35.8. The van der Waals surface area contributed by atoms with Crippen molar-refractivity contribution in [2.45, 2.75) is 51.4 Å². The van der Waals surface area contributed by atoms with Gasteiger partial charge in [0.25, 0.3) is 0 Å². The van der Waals surface area contributed by atoms with E-state index in [2.05, 4.69) is 50.6 Å². The highest BCUT2D eigenvalue weighted by Gasteiger charge is 2.16. The van der Waals surface area contributed by atoms with Gasteiger partial charge < -0.3 is 18.9 Å². The molecule has 0 N–H and O–H groups in total. The predicted octanol–water partition coefficient (Wildman–Crippen LogP) is 11.0. The molecule has 0 aliphatic carbocycles. The molecule has 44 heavy (non-hydrogen) atoms. The van der Waals surface area contributed by atoms with Gasteiger partial charge in [0.1, 0.15) is 23.0 Å². The summed E-state index contributed by atoms with van der Waals surface area (Å²) in [6.45, 7) is 17.3. The van der Waals surface area contributed by atoms with Gasteiger partial charge in [-0.1, -0.05) is 99.2 Å². The lowest BCUT2D eigenvalue weighted by molar-refractivity contribution is 0.301. The first-order valence-corrected chi connectivity index (χ1v) is 15.6. The third-order valence-corrected chi connectivity index (χ3v) is 6.39. The average molecular weight is 595 g/mol. The summed E-state index contributed by atoms with van der Waals surface area (Å²) in [6.07, 6.45) is 30.7. The molecule has 0 aliphatic rings. The fourth-order valence-electron chi connectivity index (χ4n) is 4.19. The molecule has 0 atom stereocenters. The Bertz CT molecular complexity index is 1150. The number of ether oxygens (including phenoxy) is 4. The summed E-state index contributed by atoms with van der Waals surface area (Å²) in [5, 5.41) is 0. The van der Waals surface area contributed by atoms with Crippen LogP contribution >= 0.6 is 0 Å². The molecule has 0 fully saturated rings. The highest BCUT2D eigenvalue weighted by molar-refractivity contribution is 5.78. The Morgan fingerprint density at radius 2 is 0.750 bits per heavy atom. The van der Waals surface area contributed by atoms with Gasteiger partial charge in [-0.15, -0.1) is 0 Å². The van der Waals surface area contributed by atoms with Gasteiger partial charge in [-0.2, -0.15) is 0 Å². The fraction of sp³-hybridized carbons (Fsp3) is 0.300. The van der Waals surface area contributed by atoms with E-state index < -0.39 is 0 Å². The molecule has 4 nitrogen and oxygen atoms in total. The molecule has 4 heteroatoms. The predicted molar refractivity (Wildman–Crippen MR) is 188 cm³/mol. The van der Waals surface area contributed by atoms with E-state index >= 15 is 0 Å². The molecule has 0 saturated carbocycles. The van der Waals surface area contributed by atoms with Crippen LogP contribution in [0.1, 0.15) is 51.4 Å². The molecule has 0 bridgehead atoms. The van der Waals surface area contributed by atoms with Crippen molar-refractivity contribution in [1.82, 2.24) is 0 Å². The normalized spacial score (nSPS) is 11.4. The molecule has 0 amide bonds. The molecular weight excluding hydrogens is 544 g/mol. The zero-order chi connectivity index (χ0) is 31.5. The molecule has 2 rings (SSSR count). The van der Waals surface area contributed by atoms with E-state index in [0.29, 0.717) is 26.4 Å². The number of benzene rings is 2. The molecule has 234 valence electrons. The quantitative estimate of drug-likeness (QED) is 0.0846. The van der Waals surface area contributed by atoms with Gasteiger partial charge in [-0.05, 0) is 87.8 Å². The van der Waals surface area contributed by atoms with Gasteiger partial charge in [0.05, 0.1) is 26.4 Å². The van der Waals surface area contributed by atoms with Crippen LogP contribution in [0.25, 0.3) is 11.1 Å². The van der Waals surface area contributed by atoms with Gasteiger partial charge in [0.15, 0.2) is 0 Å². The van der Waals surface area contributed by atoms with Crippen LogP contribution < -0.4 is 18.9 Å². The summed E-state index contributed by atoms with van der Waals surface area (Å²) in [4.78, 5) is 0. The second-order valence-electron chi connectivity index (χ2n) is 9.93. The summed E-state index contributed by atoms with van der Waals surface area (Å²) in [6, 6.07) is 12.0. The lowest BCUT2D eigenvalue weighted by atomic mass is 10.0. The summed E-state index contributed by atoms with van der Waals surface area (Å²) < 4.78 is 25.0. The Kier molecular flexibility index (Phi) is 19.5. The summed E-state index contributed by atoms with van der Waals surface area (Å²) in [5.74, 6) is 3.14. The molecule has 0 unspecified atom stereocenters. The number of hydrogen-bond acceptors (Lipinski definition) is 4. The van der Waals surface area contributed by atoms with Gasteiger partial charge in [0, 0.05) is 11.1 Å². The average Bonchev–Trinajstić information content (AvgIpc) is 3.04. The van der Waals surface area contributed by atoms with Crippen LogP contribution in [0, 0.1) is 0 Å². The van der Waals surface area contributed by atoms with Crippen LogP contribution in [0.3, 0.4) is 0 Å². The number of allylic oxidation sites excluding steroid dienone is 12. The third kappa shape index (κ3) is 15.2. The van der Waals surface area contributed by atoms with E-state index in [4.69, 9.17) is 18.9 Å². The van der Waals surface area contributed by atoms with Crippen LogP contribution in [0.4, 0.5) is 0 Å². The highest BCUT2D eigenvalue weighted by Crippen LogP contribution is 2.41. The van der Waals surface area contributed by atoms with Crippen molar-refractivity contribution >= 4 is 0 Å². The highest BCUT2D eigenvalue weighted by atomic mass is 16.5. The third-order valence-electron chi connectivity index (χ3n) is 6.39. The summed E-state index contributed by atoms with van der Waals surface area (Å²) >= 11 is 0. The monoisotopic (exact) mass is 594 g/mol. The van der Waals surface area contributed by atoms with Crippen molar-refractivity contribution in [1.29, 1.82) is 0 Å². The second kappa shape index (κ2) is 24.0. The Morgan fingerprint density at radius 1 is 0.432 bits per heavy atom. The van der Waals surface area contributed by atoms with E-state index in [0.717, 1.165) is 85.5 Å². The number of hydrogen-bond donors (Lipinski definition) is 0. The van der Waals surface area contributed by atoms with E-state index in [-0.39, 0.29) is 0 Å². The Labute approximate surface area is 266 Å². The summed E-state index contributed by atoms with van der Waals surface area (Å²) in [5.41, 5.74) is 1.83. The maximum Gasteiger partial charge on any atom is 0.127 e. The van der Waals surface area contributed by atoms with E-state index in [1.807, 2.05) is 60.7 Å². The van der Waals surface area contributed by atoms with E-state index in [1.165, 1.54) is 0 Å². The minimum atomic E-state index is 0.588. The van der Waals surface area contributed by atoms with Gasteiger partial charge >= 0.3 is 0 Å². The van der Waals surface area contributed by atoms with Crippen molar-refractivity contribution in [2.24, 2.45) is 0 Å². The van der Waals surface area contributed by atoms with Crippen molar-refractivity contribution in [3.63, 3.8) is 0 Å². The van der Waals surface area contributed by atoms with Crippen LogP contribution in [-0.2, 0) is 0 Å². The molecule has 0 heterocycles. The molecule has 0 saturated heterocycles. The maximum absolute atomic E-state index is 6.33. The number of rotatable bonds is 25. The van der Waals surface area contributed by atoms with Crippen molar-refractivity contribution in [3.8, 4) is 34.1 Å². The molecule has 0 radical (unpaired) electrons. The minimum absolute atomic E-state index is 0.588. The van der Waals surface area contributed by atoms with E-state index in [1.54, 1.807) is 24.3 Å². The molecular formula is C40H50O4. The Balaban J connectivity index is 2.33. The van der Waals surface area contributed by atoms with E-state index in [9.17, 15) is 0 Å². The first-order valence-electron chi connectivity index (χ1n) is 15.6. The van der Waals surface area contributed by atoms with Crippen LogP contribution in [0.15, 0.2) is 136 Å². The molecule has 0 aliphatic heterocycles. The Hall–Kier alpha value is -4.44. The topological polar surface area (TPSA) is 36.9 Å². The van der Waals surface area contributed by atoms with Crippen molar-refractivity contribution in [3.05, 3.63) is 136 Å². The lowest BCUT2D eigenvalue weighted by Crippen LogP contribution is -2.03. The van der Waals surface area contributed by atoms with Gasteiger partial charge in [-0.3, -0.25) is 0 Å². The molecule has 2 aromatic rings. The van der Waals surface area contributed by atoms with Crippen molar-refractivity contribution < 1.29 is 18.9 Å². The zero-order valence-corrected chi connectivity index (χ0v) is 26.3. The van der Waals surface area contributed by atoms with Crippen LogP contribution in [0.2, 0.25) is 0 Å². The van der Waals surface area contributed by atoms with Crippen molar-refractivity contribution in [2.75, 3.05) is 26.4 Å². The number of unbranched alkanes of at least 4 members (excludes halogenated alkanes) is 4. The second-order valence-corrected chi connectivity index (χ2v) is 9.93. The Morgan fingerprint density at radius 3 is 1.07 bits per heavy atom. The standard InChI is InChI=1S/C40H50O4/c1-5-9-13-17-21-29-41-35-25-27-39(43-31-23-19-15-11-7-3)37(33-35)38-34-36(42-30-22-18-14-10-6-2)26-28-40(38)44-32-24-20-16-12-8-4/h5-16,25-28,33-34H,1-4,17-24,29-32H2/b13-9+,14-10+,15-11+,16-12+.